The molecule has 0 aliphatic carbocycles. The average molecular weight is 283 g/mol. The van der Waals surface area contributed by atoms with Crippen LogP contribution in [0.1, 0.15) is 39.2 Å². The molecule has 1 unspecified atom stereocenters. The summed E-state index contributed by atoms with van der Waals surface area (Å²) in [6.07, 6.45) is 1.11. The number of rotatable bonds is 4. The lowest BCUT2D eigenvalue weighted by Crippen LogP contribution is -2.31. The predicted molar refractivity (Wildman–Crippen MR) is 81.5 cm³/mol. The number of hydrogen-bond acceptors (Lipinski definition) is 2. The van der Waals surface area contributed by atoms with Crippen molar-refractivity contribution in [3.8, 4) is 0 Å². The van der Waals surface area contributed by atoms with Crippen molar-refractivity contribution < 1.29 is 4.79 Å². The number of anilines is 1. The topological polar surface area (TPSA) is 55.1 Å². The number of nitrogens with two attached hydrogens (primary N) is 1. The Labute approximate surface area is 120 Å². The number of carbonyl (C=O) groups excluding carboxylic acids is 1. The van der Waals surface area contributed by atoms with E-state index >= 15 is 0 Å². The Bertz CT molecular complexity index is 452. The maximum absolute atomic E-state index is 11.9. The second kappa shape index (κ2) is 6.40. The van der Waals surface area contributed by atoms with Crippen molar-refractivity contribution in [3.63, 3.8) is 0 Å². The molecule has 0 heterocycles. The highest BCUT2D eigenvalue weighted by atomic mass is 35.5. The van der Waals surface area contributed by atoms with Gasteiger partial charge in [0.05, 0.1) is 10.7 Å². The van der Waals surface area contributed by atoms with Crippen LogP contribution in [0.15, 0.2) is 18.2 Å². The van der Waals surface area contributed by atoms with E-state index in [1.54, 1.807) is 0 Å². The van der Waals surface area contributed by atoms with E-state index in [4.69, 9.17) is 17.3 Å². The molecule has 19 heavy (non-hydrogen) atoms. The molecule has 0 bridgehead atoms. The quantitative estimate of drug-likeness (QED) is 0.884. The molecule has 0 spiro atoms. The Morgan fingerprint density at radius 2 is 2.05 bits per heavy atom. The van der Waals surface area contributed by atoms with Gasteiger partial charge in [-0.1, -0.05) is 38.4 Å². The van der Waals surface area contributed by atoms with Gasteiger partial charge < -0.3 is 11.1 Å². The van der Waals surface area contributed by atoms with Crippen LogP contribution in [-0.4, -0.2) is 11.9 Å². The molecule has 0 radical (unpaired) electrons. The molecule has 106 valence electrons. The van der Waals surface area contributed by atoms with Gasteiger partial charge in [-0.05, 0) is 36.5 Å². The molecule has 1 atom stereocenters. The molecule has 4 heteroatoms. The van der Waals surface area contributed by atoms with E-state index in [0.717, 1.165) is 12.0 Å². The summed E-state index contributed by atoms with van der Waals surface area (Å²) in [5.74, 6) is -0.0949. The highest BCUT2D eigenvalue weighted by molar-refractivity contribution is 6.33. The maximum atomic E-state index is 11.9. The van der Waals surface area contributed by atoms with Gasteiger partial charge in [0.15, 0.2) is 0 Å². The number of halogens is 1. The van der Waals surface area contributed by atoms with Gasteiger partial charge in [-0.3, -0.25) is 4.79 Å². The third-order valence-corrected chi connectivity index (χ3v) is 3.03. The highest BCUT2D eigenvalue weighted by Crippen LogP contribution is 2.24. The summed E-state index contributed by atoms with van der Waals surface area (Å²) >= 11 is 6.07. The van der Waals surface area contributed by atoms with Crippen LogP contribution >= 0.6 is 11.6 Å². The van der Waals surface area contributed by atoms with Crippen molar-refractivity contribution in [2.24, 2.45) is 11.1 Å². The van der Waals surface area contributed by atoms with Crippen molar-refractivity contribution in [2.75, 3.05) is 5.32 Å². The van der Waals surface area contributed by atoms with Gasteiger partial charge in [-0.25, -0.2) is 0 Å². The Balaban J connectivity index is 2.56. The minimum Gasteiger partial charge on any atom is -0.327 e. The first-order valence-electron chi connectivity index (χ1n) is 6.49. The highest BCUT2D eigenvalue weighted by Gasteiger charge is 2.18. The van der Waals surface area contributed by atoms with Gasteiger partial charge in [0.1, 0.15) is 0 Å². The van der Waals surface area contributed by atoms with Crippen LogP contribution < -0.4 is 11.1 Å². The third kappa shape index (κ3) is 6.08. The zero-order valence-electron chi connectivity index (χ0n) is 12.1. The molecule has 0 saturated carbocycles. The maximum Gasteiger partial charge on any atom is 0.225 e. The zero-order chi connectivity index (χ0) is 14.6. The van der Waals surface area contributed by atoms with Crippen molar-refractivity contribution in [1.29, 1.82) is 0 Å². The number of amides is 1. The standard InChI is InChI=1S/C15H23ClN2O/c1-10-5-6-13(12(16)7-10)18-14(19)8-11(17)9-15(2,3)4/h5-7,11H,8-9,17H2,1-4H3,(H,18,19). The van der Waals surface area contributed by atoms with Gasteiger partial charge >= 0.3 is 0 Å². The van der Waals surface area contributed by atoms with Crippen molar-refractivity contribution in [3.05, 3.63) is 28.8 Å². The summed E-state index contributed by atoms with van der Waals surface area (Å²) in [5.41, 5.74) is 7.81. The van der Waals surface area contributed by atoms with Crippen LogP contribution in [0.2, 0.25) is 5.02 Å². The molecular formula is C15H23ClN2O. The Hall–Kier alpha value is -1.06. The molecule has 1 rings (SSSR count). The van der Waals surface area contributed by atoms with Crippen molar-refractivity contribution >= 4 is 23.2 Å². The first kappa shape index (κ1) is 16.0. The molecule has 0 aliphatic heterocycles. The summed E-state index contributed by atoms with van der Waals surface area (Å²) in [6.45, 7) is 8.29. The van der Waals surface area contributed by atoms with Crippen LogP contribution in [0.3, 0.4) is 0 Å². The van der Waals surface area contributed by atoms with E-state index in [2.05, 4.69) is 26.1 Å². The lowest BCUT2D eigenvalue weighted by molar-refractivity contribution is -0.116. The van der Waals surface area contributed by atoms with E-state index in [1.165, 1.54) is 0 Å². The second-order valence-electron chi connectivity index (χ2n) is 6.26. The largest absolute Gasteiger partial charge is 0.327 e. The van der Waals surface area contributed by atoms with E-state index in [0.29, 0.717) is 17.1 Å². The van der Waals surface area contributed by atoms with Crippen LogP contribution in [0, 0.1) is 12.3 Å². The minimum atomic E-state index is -0.135. The first-order valence-corrected chi connectivity index (χ1v) is 6.87. The Morgan fingerprint density at radius 1 is 1.42 bits per heavy atom. The lowest BCUT2D eigenvalue weighted by atomic mass is 9.87. The first-order chi connectivity index (χ1) is 8.67. The summed E-state index contributed by atoms with van der Waals surface area (Å²) in [4.78, 5) is 11.9. The second-order valence-corrected chi connectivity index (χ2v) is 6.67. The fourth-order valence-corrected chi connectivity index (χ4v) is 2.30. The Morgan fingerprint density at radius 3 is 2.58 bits per heavy atom. The normalized spacial score (nSPS) is 13.2. The summed E-state index contributed by atoms with van der Waals surface area (Å²) in [6, 6.07) is 5.41. The molecule has 1 aromatic carbocycles. The van der Waals surface area contributed by atoms with Gasteiger partial charge in [-0.2, -0.15) is 0 Å². The van der Waals surface area contributed by atoms with E-state index in [-0.39, 0.29) is 17.4 Å². The molecular weight excluding hydrogens is 260 g/mol. The van der Waals surface area contributed by atoms with E-state index in [9.17, 15) is 4.79 Å². The molecule has 1 aromatic rings. The summed E-state index contributed by atoms with van der Waals surface area (Å²) in [7, 11) is 0. The summed E-state index contributed by atoms with van der Waals surface area (Å²) in [5, 5.41) is 3.36. The van der Waals surface area contributed by atoms with Gasteiger partial charge in [0.2, 0.25) is 5.91 Å². The van der Waals surface area contributed by atoms with Crippen LogP contribution in [0.4, 0.5) is 5.69 Å². The van der Waals surface area contributed by atoms with Crippen LogP contribution in [0.5, 0.6) is 0 Å². The summed E-state index contributed by atoms with van der Waals surface area (Å²) < 4.78 is 0. The fourth-order valence-electron chi connectivity index (χ4n) is 2.02. The molecule has 0 aromatic heterocycles. The molecule has 3 N–H and O–H groups in total. The lowest BCUT2D eigenvalue weighted by Gasteiger charge is -2.22. The number of benzene rings is 1. The number of hydrogen-bond donors (Lipinski definition) is 2. The van der Waals surface area contributed by atoms with Gasteiger partial charge in [0, 0.05) is 12.5 Å². The average Bonchev–Trinajstić information content (AvgIpc) is 2.19. The predicted octanol–water partition coefficient (Wildman–Crippen LogP) is 3.74. The van der Waals surface area contributed by atoms with Gasteiger partial charge in [0.25, 0.3) is 0 Å². The number of nitrogens with one attached hydrogen (secondary N) is 1. The van der Waals surface area contributed by atoms with Gasteiger partial charge in [-0.15, -0.1) is 0 Å². The SMILES string of the molecule is Cc1ccc(NC(=O)CC(N)CC(C)(C)C)c(Cl)c1. The van der Waals surface area contributed by atoms with Crippen LogP contribution in [-0.2, 0) is 4.79 Å². The molecule has 0 aliphatic rings. The minimum absolute atomic E-state index is 0.0949. The molecule has 1 amide bonds. The van der Waals surface area contributed by atoms with Crippen molar-refractivity contribution in [1.82, 2.24) is 0 Å². The molecule has 3 nitrogen and oxygen atoms in total. The van der Waals surface area contributed by atoms with Crippen LogP contribution in [0.25, 0.3) is 0 Å². The number of aryl methyl sites for hydroxylation is 1. The van der Waals surface area contributed by atoms with E-state index in [1.807, 2.05) is 25.1 Å². The Kier molecular flexibility index (Phi) is 5.39. The third-order valence-electron chi connectivity index (χ3n) is 2.72. The van der Waals surface area contributed by atoms with Crippen molar-refractivity contribution in [2.45, 2.75) is 46.6 Å². The molecule has 0 fully saturated rings. The number of carbonyl (C=O) groups is 1. The molecule has 0 saturated heterocycles. The smallest absolute Gasteiger partial charge is 0.225 e. The zero-order valence-corrected chi connectivity index (χ0v) is 12.8. The van der Waals surface area contributed by atoms with E-state index < -0.39 is 0 Å². The monoisotopic (exact) mass is 282 g/mol. The fraction of sp³-hybridized carbons (Fsp3) is 0.533.